The number of hydrogen-bond acceptors (Lipinski definition) is 3. The van der Waals surface area contributed by atoms with Gasteiger partial charge >= 0.3 is 12.2 Å². The van der Waals surface area contributed by atoms with Gasteiger partial charge in [-0.3, -0.25) is 10.1 Å². The summed E-state index contributed by atoms with van der Waals surface area (Å²) in [5.74, 6) is -0.923. The molecule has 25 heavy (non-hydrogen) atoms. The molecule has 0 fully saturated rings. The number of para-hydroxylation sites is 1. The quantitative estimate of drug-likeness (QED) is 0.730. The third-order valence-corrected chi connectivity index (χ3v) is 3.54. The molecule has 10 heteroatoms. The molecule has 5 nitrogen and oxygen atoms in total. The van der Waals surface area contributed by atoms with Gasteiger partial charge in [-0.15, -0.1) is 0 Å². The van der Waals surface area contributed by atoms with Crippen molar-refractivity contribution < 1.29 is 22.8 Å². The summed E-state index contributed by atoms with van der Waals surface area (Å²) in [4.78, 5) is 27.7. The summed E-state index contributed by atoms with van der Waals surface area (Å²) in [6.45, 7) is 1.52. The number of amides is 3. The monoisotopic (exact) mass is 391 g/mol. The van der Waals surface area contributed by atoms with Gasteiger partial charge in [-0.1, -0.05) is 35.3 Å². The smallest absolute Gasteiger partial charge is 0.307 e. The summed E-state index contributed by atoms with van der Waals surface area (Å²) in [5.41, 5.74) is -1.28. The van der Waals surface area contributed by atoms with Crippen LogP contribution in [0.1, 0.15) is 21.5 Å². The number of nitrogens with one attached hydrogen (secondary N) is 2. The molecule has 3 amide bonds. The van der Waals surface area contributed by atoms with Crippen LogP contribution in [-0.4, -0.2) is 16.9 Å². The SMILES string of the molecule is Cc1cc(Cl)nc(Cl)c1C(=O)NC(=O)Nc1ccccc1C(F)(F)F. The average molecular weight is 392 g/mol. The molecule has 0 bridgehead atoms. The molecule has 2 aromatic rings. The van der Waals surface area contributed by atoms with Gasteiger partial charge in [0.2, 0.25) is 0 Å². The molecule has 0 unspecified atom stereocenters. The average Bonchev–Trinajstić information content (AvgIpc) is 2.45. The number of carbonyl (C=O) groups is 2. The van der Waals surface area contributed by atoms with Crippen LogP contribution < -0.4 is 10.6 Å². The number of hydrogen-bond donors (Lipinski definition) is 2. The van der Waals surface area contributed by atoms with Crippen molar-refractivity contribution >= 4 is 40.8 Å². The summed E-state index contributed by atoms with van der Waals surface area (Å²) >= 11 is 11.5. The third-order valence-electron chi connectivity index (χ3n) is 3.08. The molecule has 132 valence electrons. The molecule has 0 saturated heterocycles. The molecule has 0 atom stereocenters. The topological polar surface area (TPSA) is 71.1 Å². The third kappa shape index (κ3) is 4.61. The highest BCUT2D eigenvalue weighted by Crippen LogP contribution is 2.34. The first-order valence-electron chi connectivity index (χ1n) is 6.71. The lowest BCUT2D eigenvalue weighted by Gasteiger charge is -2.14. The van der Waals surface area contributed by atoms with Crippen LogP contribution in [0.15, 0.2) is 30.3 Å². The van der Waals surface area contributed by atoms with Gasteiger partial charge in [0.1, 0.15) is 10.3 Å². The normalized spacial score (nSPS) is 11.1. The second-order valence-electron chi connectivity index (χ2n) is 4.88. The van der Waals surface area contributed by atoms with Gasteiger partial charge in [0.15, 0.2) is 0 Å². The first-order chi connectivity index (χ1) is 11.6. The standard InChI is InChI=1S/C15H10Cl2F3N3O2/c1-7-6-10(16)22-12(17)11(7)13(24)23-14(25)21-9-5-3-2-4-8(9)15(18,19)20/h2-6H,1H3,(H2,21,23,24,25). The number of nitrogens with zero attached hydrogens (tertiary/aromatic N) is 1. The summed E-state index contributed by atoms with van der Waals surface area (Å²) in [6.07, 6.45) is -4.66. The molecule has 2 N–H and O–H groups in total. The number of halogens is 5. The Kier molecular flexibility index (Phi) is 5.54. The summed E-state index contributed by atoms with van der Waals surface area (Å²) < 4.78 is 38.7. The fourth-order valence-electron chi connectivity index (χ4n) is 2.03. The first-order valence-corrected chi connectivity index (χ1v) is 7.46. The molecule has 0 aliphatic carbocycles. The van der Waals surface area contributed by atoms with Gasteiger partial charge in [-0.25, -0.2) is 9.78 Å². The van der Waals surface area contributed by atoms with E-state index in [9.17, 15) is 22.8 Å². The van der Waals surface area contributed by atoms with E-state index in [0.717, 1.165) is 12.1 Å². The van der Waals surface area contributed by atoms with Crippen molar-refractivity contribution in [2.24, 2.45) is 0 Å². The number of imide groups is 1. The van der Waals surface area contributed by atoms with Crippen LogP contribution >= 0.6 is 23.2 Å². The molecule has 0 aliphatic rings. The maximum Gasteiger partial charge on any atom is 0.418 e. The Labute approximate surface area is 150 Å². The minimum atomic E-state index is -4.66. The molecule has 0 aliphatic heterocycles. The zero-order chi connectivity index (χ0) is 18.8. The van der Waals surface area contributed by atoms with Crippen molar-refractivity contribution in [1.29, 1.82) is 0 Å². The van der Waals surface area contributed by atoms with E-state index < -0.39 is 29.4 Å². The van der Waals surface area contributed by atoms with Crippen LogP contribution in [-0.2, 0) is 6.18 Å². The highest BCUT2D eigenvalue weighted by atomic mass is 35.5. The number of rotatable bonds is 2. The predicted octanol–water partition coefficient (Wildman–Crippen LogP) is 4.68. The zero-order valence-electron chi connectivity index (χ0n) is 12.5. The highest BCUT2D eigenvalue weighted by Gasteiger charge is 2.33. The van der Waals surface area contributed by atoms with Crippen molar-refractivity contribution in [3.05, 3.63) is 57.3 Å². The number of anilines is 1. The largest absolute Gasteiger partial charge is 0.418 e. The van der Waals surface area contributed by atoms with Crippen LogP contribution in [0.2, 0.25) is 10.3 Å². The lowest BCUT2D eigenvalue weighted by Crippen LogP contribution is -2.35. The summed E-state index contributed by atoms with van der Waals surface area (Å²) in [7, 11) is 0. The van der Waals surface area contributed by atoms with Gasteiger partial charge in [0, 0.05) is 0 Å². The molecule has 2 rings (SSSR count). The Balaban J connectivity index is 2.18. The Morgan fingerprint density at radius 1 is 1.16 bits per heavy atom. The molecular formula is C15H10Cl2F3N3O2. The number of benzene rings is 1. The zero-order valence-corrected chi connectivity index (χ0v) is 14.1. The van der Waals surface area contributed by atoms with Crippen LogP contribution in [0.25, 0.3) is 0 Å². The molecule has 0 saturated carbocycles. The highest BCUT2D eigenvalue weighted by molar-refractivity contribution is 6.35. The Morgan fingerprint density at radius 3 is 2.40 bits per heavy atom. The number of carbonyl (C=O) groups excluding carboxylic acids is 2. The fourth-order valence-corrected chi connectivity index (χ4v) is 2.64. The molecule has 1 aromatic carbocycles. The lowest BCUT2D eigenvalue weighted by atomic mass is 10.1. The van der Waals surface area contributed by atoms with Gasteiger partial charge in [-0.05, 0) is 30.7 Å². The van der Waals surface area contributed by atoms with Gasteiger partial charge in [-0.2, -0.15) is 13.2 Å². The molecule has 1 heterocycles. The van der Waals surface area contributed by atoms with Crippen molar-refractivity contribution in [3.8, 4) is 0 Å². The van der Waals surface area contributed by atoms with Crippen LogP contribution in [0.5, 0.6) is 0 Å². The van der Waals surface area contributed by atoms with E-state index in [1.165, 1.54) is 25.1 Å². The van der Waals surface area contributed by atoms with Gasteiger partial charge in [0.05, 0.1) is 16.8 Å². The second kappa shape index (κ2) is 7.28. The van der Waals surface area contributed by atoms with E-state index in [2.05, 4.69) is 4.98 Å². The minimum Gasteiger partial charge on any atom is -0.307 e. The second-order valence-corrected chi connectivity index (χ2v) is 5.62. The molecule has 0 radical (unpaired) electrons. The number of pyridine rings is 1. The fraction of sp³-hybridized carbons (Fsp3) is 0.133. The van der Waals surface area contributed by atoms with Gasteiger partial charge < -0.3 is 5.32 Å². The van der Waals surface area contributed by atoms with Crippen molar-refractivity contribution in [2.45, 2.75) is 13.1 Å². The van der Waals surface area contributed by atoms with E-state index in [1.54, 1.807) is 0 Å². The van der Waals surface area contributed by atoms with E-state index in [1.807, 2.05) is 10.6 Å². The van der Waals surface area contributed by atoms with E-state index >= 15 is 0 Å². The van der Waals surface area contributed by atoms with Crippen LogP contribution in [0.3, 0.4) is 0 Å². The van der Waals surface area contributed by atoms with Crippen LogP contribution in [0, 0.1) is 6.92 Å². The van der Waals surface area contributed by atoms with E-state index in [0.29, 0.717) is 5.56 Å². The summed E-state index contributed by atoms with van der Waals surface area (Å²) in [6, 6.07) is 4.58. The Bertz CT molecular complexity index is 818. The number of urea groups is 1. The van der Waals surface area contributed by atoms with Crippen LogP contribution in [0.4, 0.5) is 23.7 Å². The van der Waals surface area contributed by atoms with Crippen molar-refractivity contribution in [2.75, 3.05) is 5.32 Å². The summed E-state index contributed by atoms with van der Waals surface area (Å²) in [5, 5.41) is 3.72. The number of alkyl halides is 3. The number of aryl methyl sites for hydroxylation is 1. The maximum absolute atomic E-state index is 12.9. The molecule has 1 aromatic heterocycles. The van der Waals surface area contributed by atoms with E-state index in [4.69, 9.17) is 23.2 Å². The Hall–Kier alpha value is -2.32. The van der Waals surface area contributed by atoms with Crippen molar-refractivity contribution in [1.82, 2.24) is 10.3 Å². The first kappa shape index (κ1) is 19.0. The van der Waals surface area contributed by atoms with Crippen molar-refractivity contribution in [3.63, 3.8) is 0 Å². The molecular weight excluding hydrogens is 382 g/mol. The maximum atomic E-state index is 12.9. The predicted molar refractivity (Wildman–Crippen MR) is 86.9 cm³/mol. The Morgan fingerprint density at radius 2 is 1.80 bits per heavy atom. The lowest BCUT2D eigenvalue weighted by molar-refractivity contribution is -0.136. The minimum absolute atomic E-state index is 0.0580. The number of aromatic nitrogens is 1. The van der Waals surface area contributed by atoms with Gasteiger partial charge in [0.25, 0.3) is 5.91 Å². The van der Waals surface area contributed by atoms with E-state index in [-0.39, 0.29) is 15.9 Å². The molecule has 0 spiro atoms.